The van der Waals surface area contributed by atoms with Crippen LogP contribution in [0.2, 0.25) is 0 Å². The van der Waals surface area contributed by atoms with Crippen LogP contribution in [0.3, 0.4) is 0 Å². The maximum Gasteiger partial charge on any atom is 0.293 e. The summed E-state index contributed by atoms with van der Waals surface area (Å²) in [7, 11) is 0. The quantitative estimate of drug-likeness (QED) is 0.541. The number of rotatable bonds is 6. The first-order valence-corrected chi connectivity index (χ1v) is 11.2. The van der Waals surface area contributed by atoms with E-state index in [0.717, 1.165) is 38.2 Å². The molecule has 1 amide bonds. The number of nitrogens with zero attached hydrogens (tertiary/aromatic N) is 3. The van der Waals surface area contributed by atoms with Gasteiger partial charge in [-0.2, -0.15) is 0 Å². The summed E-state index contributed by atoms with van der Waals surface area (Å²) < 4.78 is 5.82. The van der Waals surface area contributed by atoms with E-state index >= 15 is 0 Å². The Bertz CT molecular complexity index is 958. The number of benzene rings is 2. The SMILES string of the molecule is CC1CN(CC2CCCN2C(=O)c2ccc(Nc3ccccc3)c([N+](=O)[O-])c2)CC(C)O1. The van der Waals surface area contributed by atoms with Gasteiger partial charge in [-0.3, -0.25) is 19.8 Å². The predicted octanol–water partition coefficient (Wildman–Crippen LogP) is 4.05. The third-order valence-corrected chi connectivity index (χ3v) is 6.10. The van der Waals surface area contributed by atoms with Crippen LogP contribution >= 0.6 is 0 Å². The van der Waals surface area contributed by atoms with E-state index in [9.17, 15) is 14.9 Å². The molecule has 0 radical (unpaired) electrons. The molecule has 0 saturated carbocycles. The Balaban J connectivity index is 1.50. The second-order valence-corrected chi connectivity index (χ2v) is 8.75. The van der Waals surface area contributed by atoms with Crippen LogP contribution in [0.1, 0.15) is 37.0 Å². The molecule has 4 rings (SSSR count). The van der Waals surface area contributed by atoms with Crippen molar-refractivity contribution >= 4 is 23.0 Å². The summed E-state index contributed by atoms with van der Waals surface area (Å²) in [5.74, 6) is -0.142. The van der Waals surface area contributed by atoms with Crippen molar-refractivity contribution in [1.82, 2.24) is 9.80 Å². The number of amides is 1. The van der Waals surface area contributed by atoms with E-state index in [4.69, 9.17) is 4.74 Å². The minimum Gasteiger partial charge on any atom is -0.373 e. The molecule has 2 aromatic carbocycles. The van der Waals surface area contributed by atoms with Gasteiger partial charge in [0.2, 0.25) is 0 Å². The summed E-state index contributed by atoms with van der Waals surface area (Å²) >= 11 is 0. The summed E-state index contributed by atoms with van der Waals surface area (Å²) in [6, 6.07) is 14.1. The maximum absolute atomic E-state index is 13.3. The lowest BCUT2D eigenvalue weighted by Gasteiger charge is -2.38. The first kappa shape index (κ1) is 22.2. The van der Waals surface area contributed by atoms with Crippen molar-refractivity contribution in [2.45, 2.75) is 44.9 Å². The van der Waals surface area contributed by atoms with Gasteiger partial charge in [0.15, 0.2) is 0 Å². The zero-order chi connectivity index (χ0) is 22.7. The van der Waals surface area contributed by atoms with Gasteiger partial charge in [-0.05, 0) is 51.0 Å². The number of nitro groups is 1. The molecule has 2 fully saturated rings. The number of anilines is 2. The average Bonchev–Trinajstić information content (AvgIpc) is 3.21. The first-order valence-electron chi connectivity index (χ1n) is 11.2. The predicted molar refractivity (Wildman–Crippen MR) is 123 cm³/mol. The van der Waals surface area contributed by atoms with Gasteiger partial charge in [0, 0.05) is 49.5 Å². The van der Waals surface area contributed by atoms with Crippen molar-refractivity contribution in [3.05, 3.63) is 64.2 Å². The summed E-state index contributed by atoms with van der Waals surface area (Å²) in [6.45, 7) is 7.34. The molecule has 2 aromatic rings. The Labute approximate surface area is 188 Å². The first-order chi connectivity index (χ1) is 15.4. The molecular formula is C24H30N4O4. The highest BCUT2D eigenvalue weighted by Crippen LogP contribution is 2.30. The van der Waals surface area contributed by atoms with Crippen LogP contribution in [-0.4, -0.2) is 65.1 Å². The molecule has 8 nitrogen and oxygen atoms in total. The van der Waals surface area contributed by atoms with Gasteiger partial charge in [-0.1, -0.05) is 18.2 Å². The topological polar surface area (TPSA) is 88.0 Å². The number of morpholine rings is 1. The normalized spacial score (nSPS) is 23.8. The van der Waals surface area contributed by atoms with Gasteiger partial charge >= 0.3 is 0 Å². The van der Waals surface area contributed by atoms with Crippen LogP contribution in [0.25, 0.3) is 0 Å². The molecule has 3 unspecified atom stereocenters. The van der Waals surface area contributed by atoms with Gasteiger partial charge in [0.25, 0.3) is 11.6 Å². The van der Waals surface area contributed by atoms with Crippen LogP contribution in [0.4, 0.5) is 17.1 Å². The highest BCUT2D eigenvalue weighted by molar-refractivity contribution is 5.96. The fourth-order valence-corrected chi connectivity index (χ4v) is 4.79. The number of nitro benzene ring substituents is 1. The Hall–Kier alpha value is -2.97. The van der Waals surface area contributed by atoms with Crippen LogP contribution < -0.4 is 5.32 Å². The van der Waals surface area contributed by atoms with Crippen LogP contribution in [0, 0.1) is 10.1 Å². The molecule has 0 aromatic heterocycles. The number of ether oxygens (including phenoxy) is 1. The lowest BCUT2D eigenvalue weighted by molar-refractivity contribution is -0.383. The Morgan fingerprint density at radius 1 is 1.16 bits per heavy atom. The average molecular weight is 439 g/mol. The largest absolute Gasteiger partial charge is 0.373 e. The molecule has 32 heavy (non-hydrogen) atoms. The van der Waals surface area contributed by atoms with Crippen molar-refractivity contribution in [1.29, 1.82) is 0 Å². The lowest BCUT2D eigenvalue weighted by Crippen LogP contribution is -2.50. The zero-order valence-electron chi connectivity index (χ0n) is 18.6. The number of carbonyl (C=O) groups is 1. The number of nitrogens with one attached hydrogen (secondary N) is 1. The molecule has 1 N–H and O–H groups in total. The van der Waals surface area contributed by atoms with E-state index in [-0.39, 0.29) is 29.8 Å². The number of likely N-dealkylation sites (tertiary alicyclic amines) is 1. The van der Waals surface area contributed by atoms with E-state index in [1.807, 2.05) is 35.2 Å². The number of para-hydroxylation sites is 1. The van der Waals surface area contributed by atoms with Gasteiger partial charge in [-0.15, -0.1) is 0 Å². The molecule has 2 aliphatic heterocycles. The highest BCUT2D eigenvalue weighted by Gasteiger charge is 2.33. The second kappa shape index (κ2) is 9.67. The van der Waals surface area contributed by atoms with Gasteiger partial charge in [0.1, 0.15) is 5.69 Å². The zero-order valence-corrected chi connectivity index (χ0v) is 18.6. The van der Waals surface area contributed by atoms with E-state index in [1.54, 1.807) is 12.1 Å². The lowest BCUT2D eigenvalue weighted by atomic mass is 10.1. The van der Waals surface area contributed by atoms with Gasteiger partial charge in [-0.25, -0.2) is 0 Å². The maximum atomic E-state index is 13.3. The summed E-state index contributed by atoms with van der Waals surface area (Å²) in [5, 5.41) is 14.8. The van der Waals surface area contributed by atoms with Crippen molar-refractivity contribution in [3.8, 4) is 0 Å². The standard InChI is InChI=1S/C24H30N4O4/c1-17-14-26(15-18(2)32-17)16-21-9-6-12-27(21)24(29)19-10-11-22(23(13-19)28(30)31)25-20-7-4-3-5-8-20/h3-5,7-8,10-11,13,17-18,21,25H,6,9,12,14-16H2,1-2H3. The second-order valence-electron chi connectivity index (χ2n) is 8.75. The van der Waals surface area contributed by atoms with E-state index < -0.39 is 4.92 Å². The Morgan fingerprint density at radius 3 is 2.56 bits per heavy atom. The number of hydrogen-bond donors (Lipinski definition) is 1. The highest BCUT2D eigenvalue weighted by atomic mass is 16.6. The van der Waals surface area contributed by atoms with Gasteiger partial charge < -0.3 is 15.0 Å². The molecule has 0 bridgehead atoms. The monoisotopic (exact) mass is 438 g/mol. The molecule has 2 saturated heterocycles. The fourth-order valence-electron chi connectivity index (χ4n) is 4.79. The molecule has 8 heteroatoms. The third kappa shape index (κ3) is 5.08. The molecular weight excluding hydrogens is 408 g/mol. The Morgan fingerprint density at radius 2 is 1.88 bits per heavy atom. The van der Waals surface area contributed by atoms with E-state index in [2.05, 4.69) is 24.1 Å². The van der Waals surface area contributed by atoms with E-state index in [1.165, 1.54) is 6.07 Å². The third-order valence-electron chi connectivity index (χ3n) is 6.10. The van der Waals surface area contributed by atoms with Gasteiger partial charge in [0.05, 0.1) is 17.1 Å². The molecule has 0 spiro atoms. The molecule has 0 aliphatic carbocycles. The van der Waals surface area contributed by atoms with E-state index in [0.29, 0.717) is 17.8 Å². The summed E-state index contributed by atoms with van der Waals surface area (Å²) in [5.41, 5.74) is 1.37. The molecule has 2 aliphatic rings. The van der Waals surface area contributed by atoms with Crippen molar-refractivity contribution in [2.24, 2.45) is 0 Å². The van der Waals surface area contributed by atoms with Crippen molar-refractivity contribution in [2.75, 3.05) is 31.5 Å². The Kier molecular flexibility index (Phi) is 6.72. The van der Waals surface area contributed by atoms with Crippen LogP contribution in [-0.2, 0) is 4.74 Å². The minimum absolute atomic E-state index is 0.105. The molecule has 3 atom stereocenters. The fraction of sp³-hybridized carbons (Fsp3) is 0.458. The smallest absolute Gasteiger partial charge is 0.293 e. The number of carbonyl (C=O) groups excluding carboxylic acids is 1. The van der Waals surface area contributed by atoms with Crippen molar-refractivity contribution in [3.63, 3.8) is 0 Å². The summed E-state index contributed by atoms with van der Waals surface area (Å²) in [6.07, 6.45) is 2.25. The molecule has 170 valence electrons. The van der Waals surface area contributed by atoms with Crippen LogP contribution in [0.5, 0.6) is 0 Å². The molecule has 2 heterocycles. The number of hydrogen-bond acceptors (Lipinski definition) is 6. The summed E-state index contributed by atoms with van der Waals surface area (Å²) in [4.78, 5) is 28.8. The minimum atomic E-state index is -0.444. The van der Waals surface area contributed by atoms with Crippen molar-refractivity contribution < 1.29 is 14.5 Å². The van der Waals surface area contributed by atoms with Crippen LogP contribution in [0.15, 0.2) is 48.5 Å².